The minimum Gasteiger partial charge on any atom is -0.488 e. The van der Waals surface area contributed by atoms with E-state index in [1.54, 1.807) is 12.4 Å². The minimum atomic E-state index is -2.72. The molecule has 144 valence electrons. The van der Waals surface area contributed by atoms with E-state index in [-0.39, 0.29) is 6.61 Å². The zero-order valence-corrected chi connectivity index (χ0v) is 15.2. The van der Waals surface area contributed by atoms with E-state index in [0.29, 0.717) is 13.2 Å². The normalized spacial score (nSPS) is 11.6. The van der Waals surface area contributed by atoms with E-state index in [1.807, 2.05) is 48.5 Å². The molecule has 2 heterocycles. The lowest BCUT2D eigenvalue weighted by molar-refractivity contribution is -0.131. The number of alkyl halides is 2. The summed E-state index contributed by atoms with van der Waals surface area (Å²) < 4.78 is 34.4. The zero-order valence-electron chi connectivity index (χ0n) is 15.2. The first-order valence-electron chi connectivity index (χ1n) is 8.82. The van der Waals surface area contributed by atoms with Crippen molar-refractivity contribution in [1.29, 1.82) is 0 Å². The Morgan fingerprint density at radius 2 is 1.96 bits per heavy atom. The van der Waals surface area contributed by atoms with Gasteiger partial charge in [0.25, 0.3) is 0 Å². The number of nitrogens with zero attached hydrogens (tertiary/aromatic N) is 2. The Morgan fingerprint density at radius 1 is 1.15 bits per heavy atom. The number of rotatable bonds is 10. The molecule has 2 aromatic heterocycles. The van der Waals surface area contributed by atoms with Crippen LogP contribution in [0.2, 0.25) is 0 Å². The Labute approximate surface area is 156 Å². The standard InChI is InChI=1S/C20H23F2N3O2/c1-25(11-12-26-20(21)22)10-7-16-13-24-17-3-2-4-18(19(16)17)27-14-15-5-8-23-9-6-15/h2-6,8-9,13,20,24H,7,10-12,14H2,1H3. The average Bonchev–Trinajstić information content (AvgIpc) is 3.09. The van der Waals surface area contributed by atoms with E-state index in [9.17, 15) is 8.78 Å². The number of H-pyrrole nitrogens is 1. The molecule has 27 heavy (non-hydrogen) atoms. The van der Waals surface area contributed by atoms with E-state index in [1.165, 1.54) is 0 Å². The van der Waals surface area contributed by atoms with Gasteiger partial charge in [-0.3, -0.25) is 4.98 Å². The summed E-state index contributed by atoms with van der Waals surface area (Å²) in [5, 5.41) is 1.06. The summed E-state index contributed by atoms with van der Waals surface area (Å²) in [5.74, 6) is 0.823. The fourth-order valence-corrected chi connectivity index (χ4v) is 2.90. The molecule has 3 aromatic rings. The molecule has 0 fully saturated rings. The van der Waals surface area contributed by atoms with Crippen LogP contribution >= 0.6 is 0 Å². The third-order valence-electron chi connectivity index (χ3n) is 4.37. The maximum absolute atomic E-state index is 12.0. The van der Waals surface area contributed by atoms with Gasteiger partial charge in [-0.2, -0.15) is 8.78 Å². The molecule has 0 atom stereocenters. The highest BCUT2D eigenvalue weighted by atomic mass is 19.3. The molecule has 0 aliphatic carbocycles. The van der Waals surface area contributed by atoms with Gasteiger partial charge in [0.05, 0.1) is 6.61 Å². The summed E-state index contributed by atoms with van der Waals surface area (Å²) in [5.41, 5.74) is 3.20. The van der Waals surface area contributed by atoms with Crippen LogP contribution in [0.3, 0.4) is 0 Å². The molecule has 0 saturated carbocycles. The topological polar surface area (TPSA) is 50.4 Å². The molecule has 5 nitrogen and oxygen atoms in total. The van der Waals surface area contributed by atoms with Gasteiger partial charge in [-0.15, -0.1) is 0 Å². The summed E-state index contributed by atoms with van der Waals surface area (Å²) in [6.07, 6.45) is 6.25. The largest absolute Gasteiger partial charge is 0.488 e. The Hall–Kier alpha value is -2.51. The number of benzene rings is 1. The lowest BCUT2D eigenvalue weighted by Crippen LogP contribution is -2.26. The van der Waals surface area contributed by atoms with E-state index in [0.717, 1.165) is 40.7 Å². The van der Waals surface area contributed by atoms with Crippen LogP contribution in [0.5, 0.6) is 5.75 Å². The molecule has 0 spiro atoms. The van der Waals surface area contributed by atoms with Crippen molar-refractivity contribution in [3.63, 3.8) is 0 Å². The number of fused-ring (bicyclic) bond motifs is 1. The van der Waals surface area contributed by atoms with Crippen LogP contribution < -0.4 is 4.74 Å². The minimum absolute atomic E-state index is 0.0162. The molecular formula is C20H23F2N3O2. The van der Waals surface area contributed by atoms with Crippen LogP contribution in [-0.2, 0) is 17.8 Å². The van der Waals surface area contributed by atoms with Gasteiger partial charge in [0, 0.05) is 42.6 Å². The molecular weight excluding hydrogens is 352 g/mol. The second kappa shape index (κ2) is 9.43. The van der Waals surface area contributed by atoms with Crippen LogP contribution in [0.1, 0.15) is 11.1 Å². The van der Waals surface area contributed by atoms with Crippen molar-refractivity contribution in [2.45, 2.75) is 19.6 Å². The molecule has 0 bridgehead atoms. The monoisotopic (exact) mass is 375 g/mol. The zero-order chi connectivity index (χ0) is 19.1. The molecule has 0 radical (unpaired) electrons. The summed E-state index contributed by atoms with van der Waals surface area (Å²) in [4.78, 5) is 9.26. The van der Waals surface area contributed by atoms with Gasteiger partial charge in [-0.05, 0) is 48.9 Å². The number of nitrogens with one attached hydrogen (secondary N) is 1. The Morgan fingerprint density at radius 3 is 2.74 bits per heavy atom. The highest BCUT2D eigenvalue weighted by Crippen LogP contribution is 2.29. The first-order valence-corrected chi connectivity index (χ1v) is 8.82. The van der Waals surface area contributed by atoms with Crippen molar-refractivity contribution in [1.82, 2.24) is 14.9 Å². The molecule has 0 aliphatic heterocycles. The third-order valence-corrected chi connectivity index (χ3v) is 4.37. The predicted molar refractivity (Wildman–Crippen MR) is 100 cm³/mol. The number of likely N-dealkylation sites (N-methyl/N-ethyl adjacent to an activating group) is 1. The second-order valence-electron chi connectivity index (χ2n) is 6.32. The van der Waals surface area contributed by atoms with Gasteiger partial charge in [0.2, 0.25) is 0 Å². The van der Waals surface area contributed by atoms with E-state index in [2.05, 4.69) is 14.7 Å². The number of aromatic amines is 1. The summed E-state index contributed by atoms with van der Waals surface area (Å²) in [6, 6.07) is 9.78. The summed E-state index contributed by atoms with van der Waals surface area (Å²) >= 11 is 0. The molecule has 0 saturated heterocycles. The number of hydrogen-bond acceptors (Lipinski definition) is 4. The fraction of sp³-hybridized carbons (Fsp3) is 0.350. The maximum atomic E-state index is 12.0. The van der Waals surface area contributed by atoms with Crippen molar-refractivity contribution in [2.75, 3.05) is 26.7 Å². The Balaban J connectivity index is 1.64. The molecule has 3 rings (SSSR count). The van der Waals surface area contributed by atoms with E-state index < -0.39 is 6.61 Å². The molecule has 0 unspecified atom stereocenters. The van der Waals surface area contributed by atoms with E-state index in [4.69, 9.17) is 4.74 Å². The van der Waals surface area contributed by atoms with Crippen LogP contribution in [0, 0.1) is 0 Å². The van der Waals surface area contributed by atoms with Crippen LogP contribution in [0.4, 0.5) is 8.78 Å². The van der Waals surface area contributed by atoms with E-state index >= 15 is 0 Å². The van der Waals surface area contributed by atoms with Crippen LogP contribution in [-0.4, -0.2) is 48.2 Å². The third kappa shape index (κ3) is 5.48. The lowest BCUT2D eigenvalue weighted by atomic mass is 10.1. The van der Waals surface area contributed by atoms with Gasteiger partial charge >= 0.3 is 6.61 Å². The van der Waals surface area contributed by atoms with Gasteiger partial charge in [-0.1, -0.05) is 6.07 Å². The first-order chi connectivity index (χ1) is 13.1. The molecule has 1 aromatic carbocycles. The van der Waals surface area contributed by atoms with Crippen LogP contribution in [0.25, 0.3) is 10.9 Å². The number of ether oxygens (including phenoxy) is 2. The number of pyridine rings is 1. The quantitative estimate of drug-likeness (QED) is 0.585. The predicted octanol–water partition coefficient (Wildman–Crippen LogP) is 3.86. The SMILES string of the molecule is CN(CCOC(F)F)CCc1c[nH]c2cccc(OCc3ccncc3)c12. The average molecular weight is 375 g/mol. The maximum Gasteiger partial charge on any atom is 0.345 e. The number of aromatic nitrogens is 2. The Kier molecular flexibility index (Phi) is 6.73. The highest BCUT2D eigenvalue weighted by molar-refractivity contribution is 5.89. The van der Waals surface area contributed by atoms with Crippen molar-refractivity contribution >= 4 is 10.9 Å². The molecule has 0 amide bonds. The summed E-state index contributed by atoms with van der Waals surface area (Å²) in [6.45, 7) is -1.04. The second-order valence-corrected chi connectivity index (χ2v) is 6.32. The van der Waals surface area contributed by atoms with Crippen LogP contribution in [0.15, 0.2) is 48.9 Å². The molecule has 1 N–H and O–H groups in total. The van der Waals surface area contributed by atoms with Crippen molar-refractivity contribution < 1.29 is 18.3 Å². The number of halogens is 2. The van der Waals surface area contributed by atoms with Crippen molar-refractivity contribution in [3.8, 4) is 5.75 Å². The molecule has 0 aliphatic rings. The smallest absolute Gasteiger partial charge is 0.345 e. The molecule has 7 heteroatoms. The van der Waals surface area contributed by atoms with Gasteiger partial charge in [0.1, 0.15) is 12.4 Å². The van der Waals surface area contributed by atoms with Gasteiger partial charge in [-0.25, -0.2) is 0 Å². The van der Waals surface area contributed by atoms with Crippen molar-refractivity contribution in [2.24, 2.45) is 0 Å². The van der Waals surface area contributed by atoms with Gasteiger partial charge in [0.15, 0.2) is 0 Å². The van der Waals surface area contributed by atoms with Crippen molar-refractivity contribution in [3.05, 3.63) is 60.0 Å². The first kappa shape index (κ1) is 19.3. The number of hydrogen-bond donors (Lipinski definition) is 1. The lowest BCUT2D eigenvalue weighted by Gasteiger charge is -2.16. The fourth-order valence-electron chi connectivity index (χ4n) is 2.90. The highest BCUT2D eigenvalue weighted by Gasteiger charge is 2.11. The van der Waals surface area contributed by atoms with Gasteiger partial charge < -0.3 is 19.4 Å². The Bertz CT molecular complexity index is 840. The summed E-state index contributed by atoms with van der Waals surface area (Å²) in [7, 11) is 1.89.